The second kappa shape index (κ2) is 5.31. The van der Waals surface area contributed by atoms with Crippen LogP contribution in [-0.4, -0.2) is 15.2 Å². The van der Waals surface area contributed by atoms with Crippen LogP contribution in [0.1, 0.15) is 25.7 Å². The lowest BCUT2D eigenvalue weighted by atomic mass is 10.0. The number of hydrogen-bond donors (Lipinski definition) is 0. The minimum absolute atomic E-state index is 0.686. The molecule has 0 aromatic carbocycles. The Morgan fingerprint density at radius 3 is 2.93 bits per heavy atom. The predicted molar refractivity (Wildman–Crippen MR) is 63.8 cm³/mol. The summed E-state index contributed by atoms with van der Waals surface area (Å²) in [5.41, 5.74) is 0. The van der Waals surface area contributed by atoms with Gasteiger partial charge < -0.3 is 0 Å². The average Bonchev–Trinajstić information content (AvgIpc) is 2.68. The number of hydrogen-bond acceptors (Lipinski definition) is 3. The Hall–Kier alpha value is -0.830. The summed E-state index contributed by atoms with van der Waals surface area (Å²) in [4.78, 5) is 8.53. The normalized spacial score (nSPS) is 25.3. The molecule has 1 saturated carbocycles. The van der Waals surface area contributed by atoms with Crippen LogP contribution in [0.4, 0.5) is 0 Å². The van der Waals surface area contributed by atoms with Crippen molar-refractivity contribution in [3.05, 3.63) is 31.1 Å². The SMILES string of the molecule is C=CC[C@@H]1CCC[C@@H]1Sc1ncccn1. The Kier molecular flexibility index (Phi) is 3.78. The van der Waals surface area contributed by atoms with Gasteiger partial charge in [0.25, 0.3) is 0 Å². The zero-order chi connectivity index (χ0) is 10.5. The van der Waals surface area contributed by atoms with Gasteiger partial charge >= 0.3 is 0 Å². The smallest absolute Gasteiger partial charge is 0.187 e. The van der Waals surface area contributed by atoms with Crippen LogP contribution >= 0.6 is 11.8 Å². The molecule has 3 heteroatoms. The van der Waals surface area contributed by atoms with E-state index in [4.69, 9.17) is 0 Å². The molecule has 0 unspecified atom stereocenters. The monoisotopic (exact) mass is 220 g/mol. The van der Waals surface area contributed by atoms with Crippen LogP contribution in [0, 0.1) is 5.92 Å². The third-order valence-corrected chi connectivity index (χ3v) is 4.20. The van der Waals surface area contributed by atoms with E-state index in [0.29, 0.717) is 5.25 Å². The van der Waals surface area contributed by atoms with E-state index in [1.807, 2.05) is 36.3 Å². The van der Waals surface area contributed by atoms with E-state index >= 15 is 0 Å². The van der Waals surface area contributed by atoms with Crippen molar-refractivity contribution in [2.45, 2.75) is 36.1 Å². The van der Waals surface area contributed by atoms with Gasteiger partial charge in [-0.05, 0) is 31.2 Å². The van der Waals surface area contributed by atoms with E-state index in [1.54, 1.807) is 0 Å². The highest BCUT2D eigenvalue weighted by molar-refractivity contribution is 7.99. The predicted octanol–water partition coefficient (Wildman–Crippen LogP) is 3.31. The molecule has 1 aromatic rings. The highest BCUT2D eigenvalue weighted by atomic mass is 32.2. The molecule has 0 spiro atoms. The summed E-state index contributed by atoms with van der Waals surface area (Å²) in [6, 6.07) is 1.86. The lowest BCUT2D eigenvalue weighted by molar-refractivity contribution is 0.569. The zero-order valence-corrected chi connectivity index (χ0v) is 9.62. The average molecular weight is 220 g/mol. The fourth-order valence-electron chi connectivity index (χ4n) is 2.12. The van der Waals surface area contributed by atoms with Gasteiger partial charge in [0.1, 0.15) is 0 Å². The number of thioether (sulfide) groups is 1. The van der Waals surface area contributed by atoms with Gasteiger partial charge in [0, 0.05) is 17.6 Å². The van der Waals surface area contributed by atoms with Crippen LogP contribution in [0.3, 0.4) is 0 Å². The molecule has 1 aromatic heterocycles. The van der Waals surface area contributed by atoms with Crippen LogP contribution in [0.5, 0.6) is 0 Å². The first-order valence-electron chi connectivity index (χ1n) is 5.44. The second-order valence-electron chi connectivity index (χ2n) is 3.90. The van der Waals surface area contributed by atoms with E-state index in [2.05, 4.69) is 16.5 Å². The fourth-order valence-corrected chi connectivity index (χ4v) is 3.36. The maximum Gasteiger partial charge on any atom is 0.187 e. The van der Waals surface area contributed by atoms with Gasteiger partial charge in [-0.15, -0.1) is 6.58 Å². The quantitative estimate of drug-likeness (QED) is 0.575. The van der Waals surface area contributed by atoms with E-state index < -0.39 is 0 Å². The van der Waals surface area contributed by atoms with Crippen molar-refractivity contribution in [1.82, 2.24) is 9.97 Å². The maximum absolute atomic E-state index is 4.26. The molecule has 1 aliphatic carbocycles. The highest BCUT2D eigenvalue weighted by Gasteiger charge is 2.27. The molecule has 15 heavy (non-hydrogen) atoms. The van der Waals surface area contributed by atoms with Crippen LogP contribution in [0.2, 0.25) is 0 Å². The van der Waals surface area contributed by atoms with E-state index in [1.165, 1.54) is 19.3 Å². The molecular formula is C12H16N2S. The van der Waals surface area contributed by atoms with Crippen molar-refractivity contribution < 1.29 is 0 Å². The third kappa shape index (κ3) is 2.81. The van der Waals surface area contributed by atoms with Crippen molar-refractivity contribution in [1.29, 1.82) is 0 Å². The van der Waals surface area contributed by atoms with Gasteiger partial charge in [-0.25, -0.2) is 9.97 Å². The number of allylic oxidation sites excluding steroid dienone is 1. The van der Waals surface area contributed by atoms with E-state index in [0.717, 1.165) is 17.5 Å². The standard InChI is InChI=1S/C12H16N2S/c1-2-5-10-6-3-7-11(10)15-12-13-8-4-9-14-12/h2,4,8-11H,1,3,5-7H2/t10-,11+/m1/s1. The summed E-state index contributed by atoms with van der Waals surface area (Å²) < 4.78 is 0. The van der Waals surface area contributed by atoms with E-state index in [-0.39, 0.29) is 0 Å². The molecule has 1 fully saturated rings. The zero-order valence-electron chi connectivity index (χ0n) is 8.80. The molecule has 0 radical (unpaired) electrons. The molecule has 0 aliphatic heterocycles. The molecule has 1 aliphatic rings. The topological polar surface area (TPSA) is 25.8 Å². The Bertz CT molecular complexity index is 313. The molecule has 1 heterocycles. The first kappa shape index (κ1) is 10.7. The van der Waals surface area contributed by atoms with Crippen molar-refractivity contribution in [2.24, 2.45) is 5.92 Å². The highest BCUT2D eigenvalue weighted by Crippen LogP contribution is 2.39. The van der Waals surface area contributed by atoms with Gasteiger partial charge in [-0.3, -0.25) is 0 Å². The molecular weight excluding hydrogens is 204 g/mol. The summed E-state index contributed by atoms with van der Waals surface area (Å²) in [5.74, 6) is 0.774. The lowest BCUT2D eigenvalue weighted by Gasteiger charge is -2.16. The molecule has 2 nitrogen and oxygen atoms in total. The summed E-state index contributed by atoms with van der Waals surface area (Å²) >= 11 is 1.83. The largest absolute Gasteiger partial charge is 0.231 e. The van der Waals surface area contributed by atoms with Crippen LogP contribution in [0.25, 0.3) is 0 Å². The van der Waals surface area contributed by atoms with Crippen LogP contribution in [0.15, 0.2) is 36.3 Å². The first-order valence-corrected chi connectivity index (χ1v) is 6.32. The van der Waals surface area contributed by atoms with Gasteiger partial charge in [-0.2, -0.15) is 0 Å². The summed E-state index contributed by atoms with van der Waals surface area (Å²) in [6.45, 7) is 3.83. The minimum atomic E-state index is 0.686. The van der Waals surface area contributed by atoms with Crippen molar-refractivity contribution in [3.63, 3.8) is 0 Å². The molecule has 0 amide bonds. The number of rotatable bonds is 4. The summed E-state index contributed by atoms with van der Waals surface area (Å²) in [6.07, 6.45) is 10.8. The third-order valence-electron chi connectivity index (χ3n) is 2.86. The van der Waals surface area contributed by atoms with E-state index in [9.17, 15) is 0 Å². The summed E-state index contributed by atoms with van der Waals surface area (Å²) in [7, 11) is 0. The molecule has 2 atom stereocenters. The maximum atomic E-state index is 4.26. The minimum Gasteiger partial charge on any atom is -0.231 e. The second-order valence-corrected chi connectivity index (χ2v) is 5.11. The first-order chi connectivity index (χ1) is 7.40. The molecule has 0 saturated heterocycles. The van der Waals surface area contributed by atoms with Gasteiger partial charge in [0.05, 0.1) is 0 Å². The lowest BCUT2D eigenvalue weighted by Crippen LogP contribution is -2.09. The van der Waals surface area contributed by atoms with Crippen molar-refractivity contribution in [2.75, 3.05) is 0 Å². The fraction of sp³-hybridized carbons (Fsp3) is 0.500. The Labute approximate surface area is 95.2 Å². The van der Waals surface area contributed by atoms with Crippen molar-refractivity contribution >= 4 is 11.8 Å². The molecule has 0 bridgehead atoms. The molecule has 0 N–H and O–H groups in total. The van der Waals surface area contributed by atoms with Gasteiger partial charge in [0.15, 0.2) is 5.16 Å². The van der Waals surface area contributed by atoms with Gasteiger partial charge in [0.2, 0.25) is 0 Å². The Morgan fingerprint density at radius 1 is 1.40 bits per heavy atom. The number of aromatic nitrogens is 2. The Morgan fingerprint density at radius 2 is 2.20 bits per heavy atom. The van der Waals surface area contributed by atoms with Crippen molar-refractivity contribution in [3.8, 4) is 0 Å². The summed E-state index contributed by atoms with van der Waals surface area (Å²) in [5, 5.41) is 1.60. The number of nitrogens with zero attached hydrogens (tertiary/aromatic N) is 2. The molecule has 80 valence electrons. The Balaban J connectivity index is 1.96. The molecule has 2 rings (SSSR count). The van der Waals surface area contributed by atoms with Gasteiger partial charge in [-0.1, -0.05) is 24.3 Å². The van der Waals surface area contributed by atoms with Crippen LogP contribution < -0.4 is 0 Å². The van der Waals surface area contributed by atoms with Crippen LogP contribution in [-0.2, 0) is 0 Å².